The molecule has 1 aliphatic heterocycles. The second-order valence-electron chi connectivity index (χ2n) is 6.26. The summed E-state index contributed by atoms with van der Waals surface area (Å²) in [5.74, 6) is 1.22. The SMILES string of the molecule is COc1ccc(OCCC(=O)Nc2ccc(N3CCNC(=O)C3)c(Cl)c2)cc1. The Kier molecular flexibility index (Phi) is 6.60. The van der Waals surface area contributed by atoms with Crippen LogP contribution in [0.3, 0.4) is 0 Å². The van der Waals surface area contributed by atoms with Crippen molar-refractivity contribution < 1.29 is 19.1 Å². The Balaban J connectivity index is 1.49. The van der Waals surface area contributed by atoms with Gasteiger partial charge in [-0.2, -0.15) is 0 Å². The summed E-state index contributed by atoms with van der Waals surface area (Å²) in [6.45, 7) is 1.81. The van der Waals surface area contributed by atoms with Crippen molar-refractivity contribution in [3.05, 3.63) is 47.5 Å². The first kappa shape index (κ1) is 19.8. The highest BCUT2D eigenvalue weighted by molar-refractivity contribution is 6.33. The molecule has 1 aliphatic rings. The predicted molar refractivity (Wildman–Crippen MR) is 108 cm³/mol. The van der Waals surface area contributed by atoms with E-state index in [1.54, 1.807) is 43.5 Å². The third-order valence-corrected chi connectivity index (χ3v) is 4.57. The van der Waals surface area contributed by atoms with Crippen LogP contribution in [-0.2, 0) is 9.59 Å². The van der Waals surface area contributed by atoms with E-state index in [1.165, 1.54) is 0 Å². The minimum absolute atomic E-state index is 0.0310. The van der Waals surface area contributed by atoms with E-state index >= 15 is 0 Å². The number of nitrogens with one attached hydrogen (secondary N) is 2. The van der Waals surface area contributed by atoms with Gasteiger partial charge in [-0.3, -0.25) is 9.59 Å². The number of methoxy groups -OCH3 is 1. The maximum atomic E-state index is 12.1. The fourth-order valence-corrected chi connectivity index (χ4v) is 3.14. The van der Waals surface area contributed by atoms with E-state index in [1.807, 2.05) is 11.0 Å². The molecular formula is C20H22ClN3O4. The van der Waals surface area contributed by atoms with E-state index in [4.69, 9.17) is 21.1 Å². The van der Waals surface area contributed by atoms with Crippen molar-refractivity contribution in [3.63, 3.8) is 0 Å². The maximum absolute atomic E-state index is 12.1. The summed E-state index contributed by atoms with van der Waals surface area (Å²) < 4.78 is 10.6. The van der Waals surface area contributed by atoms with Crippen LogP contribution in [0.25, 0.3) is 0 Å². The van der Waals surface area contributed by atoms with E-state index in [9.17, 15) is 9.59 Å². The molecule has 2 aromatic rings. The molecule has 0 atom stereocenters. The Bertz CT molecular complexity index is 842. The molecule has 148 valence electrons. The molecule has 0 unspecified atom stereocenters. The number of rotatable bonds is 7. The number of amides is 2. The number of anilines is 2. The van der Waals surface area contributed by atoms with Gasteiger partial charge in [-0.1, -0.05) is 11.6 Å². The highest BCUT2D eigenvalue weighted by Gasteiger charge is 2.18. The van der Waals surface area contributed by atoms with E-state index in [2.05, 4.69) is 10.6 Å². The maximum Gasteiger partial charge on any atom is 0.239 e. The minimum Gasteiger partial charge on any atom is -0.497 e. The number of ether oxygens (including phenoxy) is 2. The van der Waals surface area contributed by atoms with Crippen molar-refractivity contribution in [1.82, 2.24) is 5.32 Å². The van der Waals surface area contributed by atoms with Crippen molar-refractivity contribution in [1.29, 1.82) is 0 Å². The Morgan fingerprint density at radius 3 is 2.64 bits per heavy atom. The van der Waals surface area contributed by atoms with Crippen molar-refractivity contribution in [2.45, 2.75) is 6.42 Å². The quantitative estimate of drug-likeness (QED) is 0.743. The van der Waals surface area contributed by atoms with Gasteiger partial charge in [0.05, 0.1) is 37.4 Å². The minimum atomic E-state index is -0.172. The van der Waals surface area contributed by atoms with E-state index < -0.39 is 0 Å². The Hall–Kier alpha value is -2.93. The van der Waals surface area contributed by atoms with Gasteiger partial charge in [0.25, 0.3) is 0 Å². The number of halogens is 1. The number of nitrogens with zero attached hydrogens (tertiary/aromatic N) is 1. The van der Waals surface area contributed by atoms with Gasteiger partial charge in [0.1, 0.15) is 11.5 Å². The molecule has 0 radical (unpaired) electrons. The summed E-state index contributed by atoms with van der Waals surface area (Å²) >= 11 is 6.34. The largest absolute Gasteiger partial charge is 0.497 e. The molecule has 1 saturated heterocycles. The Labute approximate surface area is 168 Å². The van der Waals surface area contributed by atoms with Crippen molar-refractivity contribution >= 4 is 34.8 Å². The lowest BCUT2D eigenvalue weighted by Gasteiger charge is -2.29. The first-order valence-corrected chi connectivity index (χ1v) is 9.31. The molecule has 1 fully saturated rings. The number of piperazine rings is 1. The number of hydrogen-bond acceptors (Lipinski definition) is 5. The average molecular weight is 404 g/mol. The number of carbonyl (C=O) groups excluding carboxylic acids is 2. The summed E-state index contributed by atoms with van der Waals surface area (Å²) in [5.41, 5.74) is 1.38. The summed E-state index contributed by atoms with van der Waals surface area (Å²) in [6, 6.07) is 12.4. The molecule has 8 heteroatoms. The number of benzene rings is 2. The molecule has 0 bridgehead atoms. The molecule has 0 spiro atoms. The summed E-state index contributed by atoms with van der Waals surface area (Å²) in [5, 5.41) is 6.07. The lowest BCUT2D eigenvalue weighted by molar-refractivity contribution is -0.120. The highest BCUT2D eigenvalue weighted by Crippen LogP contribution is 2.29. The highest BCUT2D eigenvalue weighted by atomic mass is 35.5. The summed E-state index contributed by atoms with van der Waals surface area (Å²) in [4.78, 5) is 25.6. The Morgan fingerprint density at radius 2 is 1.96 bits per heavy atom. The predicted octanol–water partition coefficient (Wildman–Crippen LogP) is 2.69. The standard InChI is InChI=1S/C20H22ClN3O4/c1-27-15-3-5-16(6-4-15)28-11-8-19(25)23-14-2-7-18(17(21)12-14)24-10-9-22-20(26)13-24/h2-7,12H,8-11,13H2,1H3,(H,22,26)(H,23,25). The van der Waals surface area contributed by atoms with E-state index in [-0.39, 0.29) is 31.4 Å². The van der Waals surface area contributed by atoms with Crippen LogP contribution in [0.4, 0.5) is 11.4 Å². The zero-order chi connectivity index (χ0) is 19.9. The van der Waals surface area contributed by atoms with Crippen molar-refractivity contribution in [3.8, 4) is 11.5 Å². The second-order valence-corrected chi connectivity index (χ2v) is 6.67. The zero-order valence-electron chi connectivity index (χ0n) is 15.5. The molecule has 1 heterocycles. The molecule has 2 amide bonds. The van der Waals surface area contributed by atoms with Crippen molar-refractivity contribution in [2.75, 3.05) is 43.6 Å². The smallest absolute Gasteiger partial charge is 0.239 e. The van der Waals surface area contributed by atoms with Gasteiger partial charge in [0.15, 0.2) is 0 Å². The fourth-order valence-electron chi connectivity index (χ4n) is 2.84. The van der Waals surface area contributed by atoms with Crippen LogP contribution >= 0.6 is 11.6 Å². The normalized spacial score (nSPS) is 13.6. The Morgan fingerprint density at radius 1 is 1.21 bits per heavy atom. The second kappa shape index (κ2) is 9.32. The van der Waals surface area contributed by atoms with Crippen LogP contribution in [0.15, 0.2) is 42.5 Å². The first-order valence-electron chi connectivity index (χ1n) is 8.93. The van der Waals surface area contributed by atoms with E-state index in [0.717, 1.165) is 11.4 Å². The van der Waals surface area contributed by atoms with Gasteiger partial charge >= 0.3 is 0 Å². The lowest BCUT2D eigenvalue weighted by atomic mass is 10.2. The average Bonchev–Trinajstić information content (AvgIpc) is 2.68. The van der Waals surface area contributed by atoms with Gasteiger partial charge in [0, 0.05) is 18.8 Å². The van der Waals surface area contributed by atoms with Crippen LogP contribution in [0.5, 0.6) is 11.5 Å². The third kappa shape index (κ3) is 5.29. The van der Waals surface area contributed by atoms with Gasteiger partial charge < -0.3 is 25.0 Å². The number of carbonyl (C=O) groups is 2. The van der Waals surface area contributed by atoms with Gasteiger partial charge in [0.2, 0.25) is 11.8 Å². The fraction of sp³-hybridized carbons (Fsp3) is 0.300. The lowest BCUT2D eigenvalue weighted by Crippen LogP contribution is -2.47. The van der Waals surface area contributed by atoms with Crippen LogP contribution in [0.1, 0.15) is 6.42 Å². The molecule has 3 rings (SSSR count). The first-order chi connectivity index (χ1) is 13.5. The molecule has 7 nitrogen and oxygen atoms in total. The summed E-state index contributed by atoms with van der Waals surface area (Å²) in [6.07, 6.45) is 0.206. The zero-order valence-corrected chi connectivity index (χ0v) is 16.3. The monoisotopic (exact) mass is 403 g/mol. The molecule has 0 saturated carbocycles. The molecule has 0 aromatic heterocycles. The van der Waals surface area contributed by atoms with Crippen LogP contribution in [0, 0.1) is 0 Å². The van der Waals surface area contributed by atoms with Gasteiger partial charge in [-0.25, -0.2) is 0 Å². The molecular weight excluding hydrogens is 382 g/mol. The van der Waals surface area contributed by atoms with Crippen molar-refractivity contribution in [2.24, 2.45) is 0 Å². The molecule has 0 aliphatic carbocycles. The van der Waals surface area contributed by atoms with Gasteiger partial charge in [-0.05, 0) is 42.5 Å². The van der Waals surface area contributed by atoms with Crippen LogP contribution in [-0.4, -0.2) is 45.2 Å². The third-order valence-electron chi connectivity index (χ3n) is 4.27. The molecule has 28 heavy (non-hydrogen) atoms. The van der Waals surface area contributed by atoms with Gasteiger partial charge in [-0.15, -0.1) is 0 Å². The summed E-state index contributed by atoms with van der Waals surface area (Å²) in [7, 11) is 1.60. The topological polar surface area (TPSA) is 79.9 Å². The van der Waals surface area contributed by atoms with E-state index in [0.29, 0.717) is 29.5 Å². The molecule has 2 N–H and O–H groups in total. The van der Waals surface area contributed by atoms with Crippen LogP contribution < -0.4 is 25.0 Å². The number of hydrogen-bond donors (Lipinski definition) is 2. The molecule has 2 aromatic carbocycles. The van der Waals surface area contributed by atoms with Crippen LogP contribution in [0.2, 0.25) is 5.02 Å².